The smallest absolute Gasteiger partial charge is 0.258 e. The number of hydrogen-bond acceptors (Lipinski definition) is 4. The van der Waals surface area contributed by atoms with Crippen LogP contribution in [0.25, 0.3) is 0 Å². The number of aryl methyl sites for hydroxylation is 1. The summed E-state index contributed by atoms with van der Waals surface area (Å²) in [5.41, 5.74) is 4.56. The first-order valence-electron chi connectivity index (χ1n) is 12.7. The quantitative estimate of drug-likeness (QED) is 0.413. The molecule has 1 aliphatic rings. The molecule has 0 aromatic heterocycles. The third-order valence-corrected chi connectivity index (χ3v) is 6.46. The van der Waals surface area contributed by atoms with Gasteiger partial charge in [0.15, 0.2) is 0 Å². The highest BCUT2D eigenvalue weighted by Gasteiger charge is 2.27. The highest BCUT2D eigenvalue weighted by atomic mass is 16.5. The van der Waals surface area contributed by atoms with Crippen LogP contribution in [0.3, 0.4) is 0 Å². The standard InChI is InChI=1S/C30H33N3O4/c1-21-9-3-4-10-25(21)29(35)32-24-16-14-23(15-17-24)30(36)33-19-7-13-28(26-11-5-6-12-27(26)33)37-20-8-18-31-22(2)34/h3-6,9-12,14-17,28H,7-8,13,18-20H2,1-2H3,(H,31,34)(H,32,35). The lowest BCUT2D eigenvalue weighted by Crippen LogP contribution is -2.31. The first kappa shape index (κ1) is 26.1. The van der Waals surface area contributed by atoms with Gasteiger partial charge < -0.3 is 20.3 Å². The Morgan fingerprint density at radius 3 is 2.46 bits per heavy atom. The van der Waals surface area contributed by atoms with Crippen LogP contribution in [-0.2, 0) is 9.53 Å². The zero-order chi connectivity index (χ0) is 26.2. The number of carbonyl (C=O) groups is 3. The van der Waals surface area contributed by atoms with Crippen LogP contribution in [0.1, 0.15) is 64.1 Å². The van der Waals surface area contributed by atoms with E-state index in [0.29, 0.717) is 36.5 Å². The molecule has 3 aromatic carbocycles. The van der Waals surface area contributed by atoms with Gasteiger partial charge in [-0.25, -0.2) is 0 Å². The fraction of sp³-hybridized carbons (Fsp3) is 0.300. The van der Waals surface area contributed by atoms with Gasteiger partial charge in [0.05, 0.1) is 6.10 Å². The maximum atomic E-state index is 13.5. The topological polar surface area (TPSA) is 87.7 Å². The van der Waals surface area contributed by atoms with Crippen molar-refractivity contribution in [2.24, 2.45) is 0 Å². The van der Waals surface area contributed by atoms with E-state index in [4.69, 9.17) is 4.74 Å². The van der Waals surface area contributed by atoms with Gasteiger partial charge in [-0.2, -0.15) is 0 Å². The maximum absolute atomic E-state index is 13.5. The molecule has 4 rings (SSSR count). The molecule has 2 N–H and O–H groups in total. The number of carbonyl (C=O) groups excluding carboxylic acids is 3. The lowest BCUT2D eigenvalue weighted by atomic mass is 10.0. The third-order valence-electron chi connectivity index (χ3n) is 6.46. The molecule has 1 unspecified atom stereocenters. The van der Waals surface area contributed by atoms with Gasteiger partial charge in [0, 0.05) is 54.7 Å². The molecule has 3 amide bonds. The molecule has 37 heavy (non-hydrogen) atoms. The predicted molar refractivity (Wildman–Crippen MR) is 145 cm³/mol. The van der Waals surface area contributed by atoms with E-state index in [-0.39, 0.29) is 23.8 Å². The minimum Gasteiger partial charge on any atom is -0.373 e. The fourth-order valence-corrected chi connectivity index (χ4v) is 4.54. The first-order valence-corrected chi connectivity index (χ1v) is 12.7. The number of amides is 3. The van der Waals surface area contributed by atoms with E-state index < -0.39 is 0 Å². The average molecular weight is 500 g/mol. The average Bonchev–Trinajstić information content (AvgIpc) is 3.08. The Morgan fingerprint density at radius 1 is 0.973 bits per heavy atom. The molecule has 1 aliphatic heterocycles. The molecule has 0 aliphatic carbocycles. The van der Waals surface area contributed by atoms with E-state index in [2.05, 4.69) is 10.6 Å². The van der Waals surface area contributed by atoms with Gasteiger partial charge in [-0.05, 0) is 68.1 Å². The first-order chi connectivity index (χ1) is 17.9. The highest BCUT2D eigenvalue weighted by molar-refractivity contribution is 6.08. The zero-order valence-corrected chi connectivity index (χ0v) is 21.3. The summed E-state index contributed by atoms with van der Waals surface area (Å²) in [4.78, 5) is 39.1. The molecule has 1 heterocycles. The summed E-state index contributed by atoms with van der Waals surface area (Å²) in [5, 5.41) is 5.69. The van der Waals surface area contributed by atoms with Crippen molar-refractivity contribution in [1.29, 1.82) is 0 Å². The second-order valence-electron chi connectivity index (χ2n) is 9.20. The Labute approximate surface area is 217 Å². The summed E-state index contributed by atoms with van der Waals surface area (Å²) in [6, 6.07) is 22.3. The van der Waals surface area contributed by atoms with Crippen LogP contribution in [0.5, 0.6) is 0 Å². The molecule has 192 valence electrons. The van der Waals surface area contributed by atoms with Crippen molar-refractivity contribution in [3.8, 4) is 0 Å². The number of ether oxygens (including phenoxy) is 1. The van der Waals surface area contributed by atoms with Crippen molar-refractivity contribution in [3.05, 3.63) is 95.1 Å². The molecule has 0 bridgehead atoms. The van der Waals surface area contributed by atoms with Crippen molar-refractivity contribution >= 4 is 29.1 Å². The summed E-state index contributed by atoms with van der Waals surface area (Å²) < 4.78 is 6.17. The van der Waals surface area contributed by atoms with Crippen LogP contribution in [0.4, 0.5) is 11.4 Å². The summed E-state index contributed by atoms with van der Waals surface area (Å²) in [5.74, 6) is -0.312. The monoisotopic (exact) mass is 499 g/mol. The number of nitrogens with one attached hydrogen (secondary N) is 2. The highest BCUT2D eigenvalue weighted by Crippen LogP contribution is 2.36. The maximum Gasteiger partial charge on any atom is 0.258 e. The van der Waals surface area contributed by atoms with Crippen LogP contribution in [0.15, 0.2) is 72.8 Å². The number of anilines is 2. The Hall–Kier alpha value is -3.97. The third kappa shape index (κ3) is 6.62. The molecule has 1 atom stereocenters. The van der Waals surface area contributed by atoms with Gasteiger partial charge in [0.25, 0.3) is 11.8 Å². The van der Waals surface area contributed by atoms with Gasteiger partial charge in [-0.1, -0.05) is 36.4 Å². The largest absolute Gasteiger partial charge is 0.373 e. The number of rotatable bonds is 8. The molecule has 0 fully saturated rings. The summed E-state index contributed by atoms with van der Waals surface area (Å²) >= 11 is 0. The van der Waals surface area contributed by atoms with Crippen molar-refractivity contribution in [2.45, 2.75) is 39.2 Å². The van der Waals surface area contributed by atoms with Gasteiger partial charge in [-0.3, -0.25) is 14.4 Å². The van der Waals surface area contributed by atoms with Crippen LogP contribution >= 0.6 is 0 Å². The summed E-state index contributed by atoms with van der Waals surface area (Å²) in [6.45, 7) is 5.10. The molecule has 0 saturated heterocycles. The van der Waals surface area contributed by atoms with Crippen molar-refractivity contribution < 1.29 is 19.1 Å². The zero-order valence-electron chi connectivity index (χ0n) is 21.3. The number of hydrogen-bond donors (Lipinski definition) is 2. The van der Waals surface area contributed by atoms with Gasteiger partial charge >= 0.3 is 0 Å². The minimum absolute atomic E-state index is 0.0457. The van der Waals surface area contributed by atoms with Crippen LogP contribution in [0, 0.1) is 6.92 Å². The molecule has 0 saturated carbocycles. The van der Waals surface area contributed by atoms with Gasteiger partial charge in [-0.15, -0.1) is 0 Å². The fourth-order valence-electron chi connectivity index (χ4n) is 4.54. The molecule has 7 heteroatoms. The SMILES string of the molecule is CC(=O)NCCCOC1CCCN(C(=O)c2ccc(NC(=O)c3ccccc3C)cc2)c2ccccc21. The number of benzene rings is 3. The normalized spacial score (nSPS) is 14.9. The van der Waals surface area contributed by atoms with Gasteiger partial charge in [0.2, 0.25) is 5.91 Å². The number of nitrogens with zero attached hydrogens (tertiary/aromatic N) is 1. The second kappa shape index (κ2) is 12.3. The van der Waals surface area contributed by atoms with Crippen molar-refractivity contribution in [2.75, 3.05) is 29.9 Å². The number of fused-ring (bicyclic) bond motifs is 1. The van der Waals surface area contributed by atoms with Crippen molar-refractivity contribution in [3.63, 3.8) is 0 Å². The minimum atomic E-state index is -0.179. The molecule has 0 spiro atoms. The lowest BCUT2D eigenvalue weighted by Gasteiger charge is -2.24. The van der Waals surface area contributed by atoms with Crippen molar-refractivity contribution in [1.82, 2.24) is 5.32 Å². The molecular formula is C30H33N3O4. The van der Waals surface area contributed by atoms with E-state index >= 15 is 0 Å². The molecule has 7 nitrogen and oxygen atoms in total. The summed E-state index contributed by atoms with van der Waals surface area (Å²) in [7, 11) is 0. The Bertz CT molecular complexity index is 1260. The Kier molecular flexibility index (Phi) is 8.69. The van der Waals surface area contributed by atoms with E-state index in [1.807, 2.05) is 54.3 Å². The van der Waals surface area contributed by atoms with Crippen LogP contribution in [-0.4, -0.2) is 37.4 Å². The summed E-state index contributed by atoms with van der Waals surface area (Å²) in [6.07, 6.45) is 2.24. The van der Waals surface area contributed by atoms with Crippen LogP contribution < -0.4 is 15.5 Å². The van der Waals surface area contributed by atoms with Gasteiger partial charge in [0.1, 0.15) is 0 Å². The molecular weight excluding hydrogens is 466 g/mol. The van der Waals surface area contributed by atoms with E-state index in [0.717, 1.165) is 36.1 Å². The molecule has 0 radical (unpaired) electrons. The Morgan fingerprint density at radius 2 is 1.70 bits per heavy atom. The van der Waals surface area contributed by atoms with E-state index in [1.54, 1.807) is 30.3 Å². The second-order valence-corrected chi connectivity index (χ2v) is 9.20. The lowest BCUT2D eigenvalue weighted by molar-refractivity contribution is -0.119. The predicted octanol–water partition coefficient (Wildman–Crippen LogP) is 5.27. The van der Waals surface area contributed by atoms with E-state index in [9.17, 15) is 14.4 Å². The van der Waals surface area contributed by atoms with Crippen LogP contribution in [0.2, 0.25) is 0 Å². The van der Waals surface area contributed by atoms with E-state index in [1.165, 1.54) is 6.92 Å². The molecule has 3 aromatic rings. The number of para-hydroxylation sites is 1. The Balaban J connectivity index is 1.44.